The second-order valence-corrected chi connectivity index (χ2v) is 3.15. The van der Waals surface area contributed by atoms with Crippen LogP contribution in [0.5, 0.6) is 0 Å². The number of oxazole rings is 1. The van der Waals surface area contributed by atoms with Crippen LogP contribution in [0.1, 0.15) is 51.2 Å². The van der Waals surface area contributed by atoms with Crippen molar-refractivity contribution < 1.29 is 4.42 Å². The summed E-state index contributed by atoms with van der Waals surface area (Å²) in [4.78, 5) is 3.93. The predicted octanol–water partition coefficient (Wildman–Crippen LogP) is 3.36. The van der Waals surface area contributed by atoms with E-state index < -0.39 is 0 Å². The van der Waals surface area contributed by atoms with E-state index in [0.717, 1.165) is 12.2 Å². The average molecular weight is 167 g/mol. The number of unbranched alkanes of at least 4 members (excludes halogenated alkanes) is 1. The molecule has 0 bridgehead atoms. The zero-order chi connectivity index (χ0) is 8.81. The van der Waals surface area contributed by atoms with Crippen molar-refractivity contribution in [3.63, 3.8) is 0 Å². The fourth-order valence-corrected chi connectivity index (χ4v) is 1.43. The average Bonchev–Trinajstić information content (AvgIpc) is 2.59. The summed E-state index contributed by atoms with van der Waals surface area (Å²) in [6.45, 7) is 4.41. The highest BCUT2D eigenvalue weighted by Gasteiger charge is 2.11. The monoisotopic (exact) mass is 167 g/mol. The van der Waals surface area contributed by atoms with Crippen molar-refractivity contribution in [3.05, 3.63) is 18.4 Å². The Labute approximate surface area is 74.0 Å². The molecule has 1 aromatic heterocycles. The summed E-state index contributed by atoms with van der Waals surface area (Å²) in [6, 6.07) is 0. The molecule has 2 heteroatoms. The molecule has 68 valence electrons. The van der Waals surface area contributed by atoms with Gasteiger partial charge in [-0.15, -0.1) is 0 Å². The molecule has 0 aliphatic heterocycles. The molecule has 0 aromatic carbocycles. The van der Waals surface area contributed by atoms with E-state index in [-0.39, 0.29) is 0 Å². The van der Waals surface area contributed by atoms with E-state index in [1.165, 1.54) is 25.7 Å². The third kappa shape index (κ3) is 2.36. The van der Waals surface area contributed by atoms with Gasteiger partial charge in [0.25, 0.3) is 0 Å². The van der Waals surface area contributed by atoms with Crippen LogP contribution < -0.4 is 0 Å². The maximum atomic E-state index is 5.27. The minimum absolute atomic E-state index is 0.576. The zero-order valence-corrected chi connectivity index (χ0v) is 7.92. The molecule has 1 atom stereocenters. The van der Waals surface area contributed by atoms with Crippen LogP contribution in [0.2, 0.25) is 0 Å². The van der Waals surface area contributed by atoms with Crippen molar-refractivity contribution in [2.75, 3.05) is 0 Å². The summed E-state index contributed by atoms with van der Waals surface area (Å²) in [7, 11) is 0. The van der Waals surface area contributed by atoms with Crippen molar-refractivity contribution in [1.29, 1.82) is 0 Å². The largest absolute Gasteiger partial charge is 0.448 e. The van der Waals surface area contributed by atoms with Crippen LogP contribution in [0.25, 0.3) is 0 Å². The molecule has 0 aliphatic rings. The lowest BCUT2D eigenvalue weighted by Crippen LogP contribution is -1.94. The van der Waals surface area contributed by atoms with Gasteiger partial charge < -0.3 is 4.42 Å². The quantitative estimate of drug-likeness (QED) is 0.672. The molecule has 1 rings (SSSR count). The molecule has 12 heavy (non-hydrogen) atoms. The Morgan fingerprint density at radius 3 is 2.83 bits per heavy atom. The van der Waals surface area contributed by atoms with Gasteiger partial charge in [0.1, 0.15) is 5.76 Å². The van der Waals surface area contributed by atoms with Crippen molar-refractivity contribution in [2.45, 2.75) is 45.4 Å². The minimum atomic E-state index is 0.576. The maximum Gasteiger partial charge on any atom is 0.180 e. The number of hydrogen-bond donors (Lipinski definition) is 0. The van der Waals surface area contributed by atoms with E-state index >= 15 is 0 Å². The Bertz CT molecular complexity index is 194. The van der Waals surface area contributed by atoms with Crippen molar-refractivity contribution in [2.24, 2.45) is 0 Å². The van der Waals surface area contributed by atoms with E-state index in [1.54, 1.807) is 0 Å². The van der Waals surface area contributed by atoms with Gasteiger partial charge in [-0.1, -0.05) is 26.7 Å². The van der Waals surface area contributed by atoms with E-state index in [1.807, 2.05) is 6.20 Å². The Morgan fingerprint density at radius 2 is 2.33 bits per heavy atom. The SMILES string of the molecule is CCCC[C@@H](CC)c1cnco1. The van der Waals surface area contributed by atoms with Crippen LogP contribution in [0.15, 0.2) is 17.0 Å². The van der Waals surface area contributed by atoms with Gasteiger partial charge in [0.15, 0.2) is 6.39 Å². The van der Waals surface area contributed by atoms with Crippen LogP contribution >= 0.6 is 0 Å². The molecule has 0 saturated heterocycles. The van der Waals surface area contributed by atoms with Gasteiger partial charge in [-0.3, -0.25) is 0 Å². The second kappa shape index (κ2) is 4.96. The molecule has 2 nitrogen and oxygen atoms in total. The number of aromatic nitrogens is 1. The lowest BCUT2D eigenvalue weighted by molar-refractivity contribution is 0.429. The highest BCUT2D eigenvalue weighted by Crippen LogP contribution is 2.24. The first-order valence-corrected chi connectivity index (χ1v) is 4.76. The van der Waals surface area contributed by atoms with Crippen LogP contribution in [0.3, 0.4) is 0 Å². The molecule has 0 radical (unpaired) electrons. The molecule has 1 heterocycles. The maximum absolute atomic E-state index is 5.27. The molecule has 1 aromatic rings. The van der Waals surface area contributed by atoms with Gasteiger partial charge in [0.2, 0.25) is 0 Å². The smallest absolute Gasteiger partial charge is 0.180 e. The van der Waals surface area contributed by atoms with Crippen LogP contribution in [0, 0.1) is 0 Å². The highest BCUT2D eigenvalue weighted by atomic mass is 16.3. The van der Waals surface area contributed by atoms with Crippen molar-refractivity contribution in [1.82, 2.24) is 4.98 Å². The van der Waals surface area contributed by atoms with E-state index in [2.05, 4.69) is 18.8 Å². The van der Waals surface area contributed by atoms with Gasteiger partial charge in [0, 0.05) is 5.92 Å². The number of hydrogen-bond acceptors (Lipinski definition) is 2. The van der Waals surface area contributed by atoms with E-state index in [0.29, 0.717) is 5.92 Å². The predicted molar refractivity (Wildman–Crippen MR) is 49.1 cm³/mol. The molecule has 0 spiro atoms. The third-order valence-electron chi connectivity index (χ3n) is 2.25. The van der Waals surface area contributed by atoms with Crippen molar-refractivity contribution >= 4 is 0 Å². The molecule has 0 N–H and O–H groups in total. The molecule has 0 saturated carbocycles. The lowest BCUT2D eigenvalue weighted by Gasteiger charge is -2.09. The van der Waals surface area contributed by atoms with Gasteiger partial charge in [-0.2, -0.15) is 0 Å². The van der Waals surface area contributed by atoms with Crippen LogP contribution in [-0.4, -0.2) is 4.98 Å². The minimum Gasteiger partial charge on any atom is -0.448 e. The number of nitrogens with zero attached hydrogens (tertiary/aromatic N) is 1. The topological polar surface area (TPSA) is 26.0 Å². The van der Waals surface area contributed by atoms with E-state index in [4.69, 9.17) is 4.42 Å². The molecule has 0 unspecified atom stereocenters. The zero-order valence-electron chi connectivity index (χ0n) is 7.92. The van der Waals surface area contributed by atoms with Gasteiger partial charge in [-0.25, -0.2) is 4.98 Å². The molecule has 0 amide bonds. The van der Waals surface area contributed by atoms with Gasteiger partial charge in [0.05, 0.1) is 6.20 Å². The molecule has 0 aliphatic carbocycles. The highest BCUT2D eigenvalue weighted by molar-refractivity contribution is 4.97. The molecular formula is C10H17NO. The van der Waals surface area contributed by atoms with Gasteiger partial charge in [-0.05, 0) is 12.8 Å². The Hall–Kier alpha value is -0.790. The molecular weight excluding hydrogens is 150 g/mol. The van der Waals surface area contributed by atoms with Crippen molar-refractivity contribution in [3.8, 4) is 0 Å². The fraction of sp³-hybridized carbons (Fsp3) is 0.700. The lowest BCUT2D eigenvalue weighted by atomic mass is 9.97. The summed E-state index contributed by atoms with van der Waals surface area (Å²) in [5.41, 5.74) is 0. The Balaban J connectivity index is 2.45. The third-order valence-corrected chi connectivity index (χ3v) is 2.25. The summed E-state index contributed by atoms with van der Waals surface area (Å²) < 4.78 is 5.27. The second-order valence-electron chi connectivity index (χ2n) is 3.15. The van der Waals surface area contributed by atoms with Gasteiger partial charge >= 0.3 is 0 Å². The first kappa shape index (κ1) is 9.30. The standard InChI is InChI=1S/C10H17NO/c1-3-5-6-9(4-2)10-7-11-8-12-10/h7-9H,3-6H2,1-2H3/t9-/m1/s1. The Kier molecular flexibility index (Phi) is 3.85. The Morgan fingerprint density at radius 1 is 1.50 bits per heavy atom. The van der Waals surface area contributed by atoms with Crippen LogP contribution in [-0.2, 0) is 0 Å². The summed E-state index contributed by atoms with van der Waals surface area (Å²) in [5.74, 6) is 1.62. The van der Waals surface area contributed by atoms with E-state index in [9.17, 15) is 0 Å². The summed E-state index contributed by atoms with van der Waals surface area (Å²) in [6.07, 6.45) is 8.26. The van der Waals surface area contributed by atoms with Crippen LogP contribution in [0.4, 0.5) is 0 Å². The summed E-state index contributed by atoms with van der Waals surface area (Å²) >= 11 is 0. The normalized spacial score (nSPS) is 13.2. The summed E-state index contributed by atoms with van der Waals surface area (Å²) in [5, 5.41) is 0. The number of rotatable bonds is 5. The first-order valence-electron chi connectivity index (χ1n) is 4.76. The first-order chi connectivity index (χ1) is 5.88. The molecule has 0 fully saturated rings. The fourth-order valence-electron chi connectivity index (χ4n) is 1.43.